The quantitative estimate of drug-likeness (QED) is 0.687. The first kappa shape index (κ1) is 15.9. The van der Waals surface area contributed by atoms with E-state index in [9.17, 15) is 17.6 Å². The fourth-order valence-electron chi connectivity index (χ4n) is 1.97. The van der Waals surface area contributed by atoms with E-state index in [4.69, 9.17) is 5.73 Å². The first-order valence-corrected chi connectivity index (χ1v) is 6.15. The Balaban J connectivity index is 2.68. The molecule has 0 aliphatic carbocycles. The molecule has 4 nitrogen and oxygen atoms in total. The molecular weight excluding hydrogens is 300 g/mol. The number of nitrogens with two attached hydrogens (primary N) is 1. The molecule has 1 heterocycles. The zero-order valence-corrected chi connectivity index (χ0v) is 11.3. The van der Waals surface area contributed by atoms with Crippen LogP contribution in [0.15, 0.2) is 46.6 Å². The van der Waals surface area contributed by atoms with Crippen molar-refractivity contribution in [2.75, 3.05) is 6.67 Å². The molecule has 0 atom stereocenters. The van der Waals surface area contributed by atoms with Gasteiger partial charge in [0.05, 0.1) is 12.2 Å². The number of hydrogen-bond acceptors (Lipinski definition) is 3. The molecule has 0 spiro atoms. The highest BCUT2D eigenvalue weighted by molar-refractivity contribution is 5.63. The van der Waals surface area contributed by atoms with E-state index in [1.807, 2.05) is 0 Å². The van der Waals surface area contributed by atoms with Gasteiger partial charge in [0, 0.05) is 24.0 Å². The molecule has 0 radical (unpaired) electrons. The summed E-state index contributed by atoms with van der Waals surface area (Å²) in [5, 5.41) is 3.68. The van der Waals surface area contributed by atoms with Crippen LogP contribution in [0.5, 0.6) is 0 Å². The Bertz CT molecular complexity index is 762. The molecule has 22 heavy (non-hydrogen) atoms. The highest BCUT2D eigenvalue weighted by atomic mass is 19.4. The lowest BCUT2D eigenvalue weighted by Crippen LogP contribution is -2.21. The summed E-state index contributed by atoms with van der Waals surface area (Å²) >= 11 is 0. The average molecular weight is 312 g/mol. The predicted molar refractivity (Wildman–Crippen MR) is 74.4 cm³/mol. The van der Waals surface area contributed by atoms with Crippen molar-refractivity contribution in [3.8, 4) is 11.1 Å². The van der Waals surface area contributed by atoms with Crippen LogP contribution in [0.25, 0.3) is 11.1 Å². The summed E-state index contributed by atoms with van der Waals surface area (Å²) in [5.41, 5.74) is 4.75. The molecule has 0 bridgehead atoms. The lowest BCUT2D eigenvalue weighted by molar-refractivity contribution is -0.137. The van der Waals surface area contributed by atoms with Gasteiger partial charge in [-0.25, -0.2) is 9.07 Å². The number of pyridine rings is 1. The van der Waals surface area contributed by atoms with Gasteiger partial charge < -0.3 is 5.73 Å². The minimum absolute atomic E-state index is 0.0294. The molecule has 0 amide bonds. The fraction of sp³-hybridized carbons (Fsp3) is 0.143. The molecule has 2 rings (SSSR count). The van der Waals surface area contributed by atoms with Crippen LogP contribution in [-0.4, -0.2) is 18.1 Å². The maximum Gasteiger partial charge on any atom is 0.416 e. The van der Waals surface area contributed by atoms with Gasteiger partial charge in [0.1, 0.15) is 5.82 Å². The standard InChI is InChI=1S/C14H12F4N4/c1-20-22-6-2-3-11(13(22)21-8-19)10-5-4-9(7-12(10)15)14(16,17)18/h2-7H,1,8,19H2. The first-order chi connectivity index (χ1) is 10.4. The van der Waals surface area contributed by atoms with Gasteiger partial charge in [-0.2, -0.15) is 18.3 Å². The molecule has 2 aromatic rings. The van der Waals surface area contributed by atoms with Crippen LogP contribution >= 0.6 is 0 Å². The second kappa shape index (κ2) is 6.10. The fourth-order valence-corrected chi connectivity index (χ4v) is 1.97. The van der Waals surface area contributed by atoms with E-state index in [0.717, 1.165) is 12.1 Å². The van der Waals surface area contributed by atoms with Crippen molar-refractivity contribution < 1.29 is 17.6 Å². The molecule has 0 fully saturated rings. The summed E-state index contributed by atoms with van der Waals surface area (Å²) in [6.45, 7) is 3.26. The maximum absolute atomic E-state index is 14.1. The summed E-state index contributed by atoms with van der Waals surface area (Å²) in [6, 6.07) is 5.37. The van der Waals surface area contributed by atoms with Gasteiger partial charge in [-0.15, -0.1) is 0 Å². The maximum atomic E-state index is 14.1. The second-order valence-electron chi connectivity index (χ2n) is 4.26. The van der Waals surface area contributed by atoms with Gasteiger partial charge >= 0.3 is 6.18 Å². The van der Waals surface area contributed by atoms with E-state index in [1.165, 1.54) is 16.9 Å². The van der Waals surface area contributed by atoms with E-state index < -0.39 is 17.6 Å². The summed E-state index contributed by atoms with van der Waals surface area (Å²) in [5.74, 6) is -1.01. The van der Waals surface area contributed by atoms with Crippen molar-refractivity contribution >= 4 is 6.72 Å². The number of hydrogen-bond donors (Lipinski definition) is 1. The number of alkyl halides is 3. The van der Waals surface area contributed by atoms with E-state index in [0.29, 0.717) is 6.07 Å². The molecule has 116 valence electrons. The normalized spacial score (nSPS) is 12.5. The number of aromatic nitrogens is 1. The van der Waals surface area contributed by atoms with Gasteiger partial charge in [0.25, 0.3) is 0 Å². The molecule has 0 aliphatic rings. The number of halogens is 4. The zero-order valence-electron chi connectivity index (χ0n) is 11.3. The molecule has 2 N–H and O–H groups in total. The van der Waals surface area contributed by atoms with Crippen molar-refractivity contribution in [2.45, 2.75) is 6.18 Å². The molecule has 0 aliphatic heterocycles. The van der Waals surface area contributed by atoms with E-state index in [2.05, 4.69) is 16.8 Å². The third-order valence-corrected chi connectivity index (χ3v) is 2.93. The van der Waals surface area contributed by atoms with Crippen LogP contribution < -0.4 is 11.2 Å². The average Bonchev–Trinajstić information content (AvgIpc) is 2.47. The van der Waals surface area contributed by atoms with Gasteiger partial charge in [-0.05, 0) is 24.3 Å². The lowest BCUT2D eigenvalue weighted by Gasteiger charge is -2.11. The van der Waals surface area contributed by atoms with Crippen molar-refractivity contribution in [3.05, 3.63) is 53.4 Å². The Morgan fingerprint density at radius 1 is 1.18 bits per heavy atom. The van der Waals surface area contributed by atoms with Crippen LogP contribution in [0, 0.1) is 5.82 Å². The van der Waals surface area contributed by atoms with Gasteiger partial charge in [0.15, 0.2) is 5.49 Å². The first-order valence-electron chi connectivity index (χ1n) is 6.15. The highest BCUT2D eigenvalue weighted by Crippen LogP contribution is 2.32. The summed E-state index contributed by atoms with van der Waals surface area (Å²) in [7, 11) is 0. The number of nitrogens with zero attached hydrogens (tertiary/aromatic N) is 3. The summed E-state index contributed by atoms with van der Waals surface area (Å²) in [6.07, 6.45) is -3.09. The number of benzene rings is 1. The smallest absolute Gasteiger partial charge is 0.312 e. The molecule has 0 saturated carbocycles. The highest BCUT2D eigenvalue weighted by Gasteiger charge is 2.31. The van der Waals surface area contributed by atoms with E-state index in [1.54, 1.807) is 6.07 Å². The zero-order chi connectivity index (χ0) is 16.3. The molecule has 0 unspecified atom stereocenters. The molecule has 0 saturated heterocycles. The Labute approximate surface area is 123 Å². The monoisotopic (exact) mass is 312 g/mol. The Kier molecular flexibility index (Phi) is 4.41. The minimum Gasteiger partial charge on any atom is -0.312 e. The third-order valence-electron chi connectivity index (χ3n) is 2.93. The SMILES string of the molecule is C=Nn1cccc(-c2ccc(C(F)(F)F)cc2F)c1=NCN. The van der Waals surface area contributed by atoms with Crippen LogP contribution in [-0.2, 0) is 6.18 Å². The Morgan fingerprint density at radius 2 is 1.91 bits per heavy atom. The summed E-state index contributed by atoms with van der Waals surface area (Å²) < 4.78 is 53.1. The Morgan fingerprint density at radius 3 is 2.45 bits per heavy atom. The predicted octanol–water partition coefficient (Wildman–Crippen LogP) is 2.59. The van der Waals surface area contributed by atoms with E-state index >= 15 is 0 Å². The number of rotatable bonds is 3. The molecule has 1 aromatic heterocycles. The Hall–Kier alpha value is -2.48. The molecule has 1 aromatic carbocycles. The van der Waals surface area contributed by atoms with E-state index in [-0.39, 0.29) is 23.3 Å². The van der Waals surface area contributed by atoms with Gasteiger partial charge in [-0.1, -0.05) is 6.07 Å². The van der Waals surface area contributed by atoms with Crippen molar-refractivity contribution in [1.82, 2.24) is 4.68 Å². The van der Waals surface area contributed by atoms with Crippen molar-refractivity contribution in [3.63, 3.8) is 0 Å². The van der Waals surface area contributed by atoms with Crippen molar-refractivity contribution in [2.24, 2.45) is 15.8 Å². The largest absolute Gasteiger partial charge is 0.416 e. The minimum atomic E-state index is -4.61. The van der Waals surface area contributed by atoms with Crippen LogP contribution in [0.1, 0.15) is 5.56 Å². The molecular formula is C14H12F4N4. The third kappa shape index (κ3) is 3.06. The van der Waals surface area contributed by atoms with Crippen molar-refractivity contribution in [1.29, 1.82) is 0 Å². The van der Waals surface area contributed by atoms with Crippen LogP contribution in [0.4, 0.5) is 17.6 Å². The summed E-state index contributed by atoms with van der Waals surface area (Å²) in [4.78, 5) is 3.98. The topological polar surface area (TPSA) is 55.7 Å². The lowest BCUT2D eigenvalue weighted by atomic mass is 10.0. The van der Waals surface area contributed by atoms with Gasteiger partial charge in [0.2, 0.25) is 0 Å². The van der Waals surface area contributed by atoms with Crippen LogP contribution in [0.2, 0.25) is 0 Å². The molecule has 8 heteroatoms. The second-order valence-corrected chi connectivity index (χ2v) is 4.26. The van der Waals surface area contributed by atoms with Crippen LogP contribution in [0.3, 0.4) is 0 Å². The van der Waals surface area contributed by atoms with Gasteiger partial charge in [-0.3, -0.25) is 4.99 Å².